The third-order valence-corrected chi connectivity index (χ3v) is 2.90. The minimum absolute atomic E-state index is 0.265. The van der Waals surface area contributed by atoms with Crippen molar-refractivity contribution < 1.29 is 9.47 Å². The average molecular weight is 279 g/mol. The molecule has 5 heteroatoms. The van der Waals surface area contributed by atoms with Crippen LogP contribution in [0, 0.1) is 22.7 Å². The standard InChI is InChI=1S/C16H13N3O2/c1-20-16-6-11(2-3-12(16)8-17)10-21-15-5-4-14(19)7-13(15)9-18/h2-7H,10,19H2,1H3. The second-order valence-corrected chi connectivity index (χ2v) is 4.30. The van der Waals surface area contributed by atoms with Crippen molar-refractivity contribution in [3.8, 4) is 23.6 Å². The summed E-state index contributed by atoms with van der Waals surface area (Å²) in [4.78, 5) is 0. The molecule has 0 aliphatic carbocycles. The van der Waals surface area contributed by atoms with E-state index in [0.29, 0.717) is 28.3 Å². The van der Waals surface area contributed by atoms with Crippen molar-refractivity contribution in [3.05, 3.63) is 53.1 Å². The molecule has 5 nitrogen and oxygen atoms in total. The molecule has 0 atom stereocenters. The summed E-state index contributed by atoms with van der Waals surface area (Å²) >= 11 is 0. The lowest BCUT2D eigenvalue weighted by atomic mass is 10.1. The topological polar surface area (TPSA) is 92.1 Å². The molecule has 2 rings (SSSR count). The van der Waals surface area contributed by atoms with E-state index in [1.807, 2.05) is 12.1 Å². The Labute approximate surface area is 122 Å². The van der Waals surface area contributed by atoms with Crippen LogP contribution in [-0.2, 0) is 6.61 Å². The minimum Gasteiger partial charge on any atom is -0.495 e. The zero-order chi connectivity index (χ0) is 15.2. The van der Waals surface area contributed by atoms with E-state index < -0.39 is 0 Å². The number of hydrogen-bond donors (Lipinski definition) is 1. The van der Waals surface area contributed by atoms with Crippen LogP contribution in [0.25, 0.3) is 0 Å². The summed E-state index contributed by atoms with van der Waals surface area (Å²) in [6, 6.07) is 14.2. The van der Waals surface area contributed by atoms with E-state index in [1.165, 1.54) is 7.11 Å². The van der Waals surface area contributed by atoms with Crippen molar-refractivity contribution in [2.75, 3.05) is 12.8 Å². The van der Waals surface area contributed by atoms with Gasteiger partial charge in [0.2, 0.25) is 0 Å². The number of ether oxygens (including phenoxy) is 2. The van der Waals surface area contributed by atoms with E-state index in [4.69, 9.17) is 25.7 Å². The predicted octanol–water partition coefficient (Wildman–Crippen LogP) is 2.60. The van der Waals surface area contributed by atoms with E-state index in [0.717, 1.165) is 5.56 Å². The van der Waals surface area contributed by atoms with Gasteiger partial charge in [0.1, 0.15) is 30.2 Å². The molecule has 0 aromatic heterocycles. The van der Waals surface area contributed by atoms with E-state index in [-0.39, 0.29) is 6.61 Å². The first-order valence-corrected chi connectivity index (χ1v) is 6.17. The molecule has 0 aliphatic rings. The normalized spacial score (nSPS) is 9.48. The Morgan fingerprint density at radius 3 is 2.43 bits per heavy atom. The average Bonchev–Trinajstić information content (AvgIpc) is 2.53. The largest absolute Gasteiger partial charge is 0.495 e. The van der Waals surface area contributed by atoms with Gasteiger partial charge in [-0.25, -0.2) is 0 Å². The van der Waals surface area contributed by atoms with Crippen LogP contribution in [0.3, 0.4) is 0 Å². The molecule has 0 unspecified atom stereocenters. The third-order valence-electron chi connectivity index (χ3n) is 2.90. The van der Waals surface area contributed by atoms with Gasteiger partial charge in [-0.3, -0.25) is 0 Å². The van der Waals surface area contributed by atoms with Crippen molar-refractivity contribution in [3.63, 3.8) is 0 Å². The molecule has 0 fully saturated rings. The Morgan fingerprint density at radius 2 is 1.76 bits per heavy atom. The lowest BCUT2D eigenvalue weighted by molar-refractivity contribution is 0.304. The highest BCUT2D eigenvalue weighted by molar-refractivity contribution is 5.53. The second kappa shape index (κ2) is 6.31. The Bertz CT molecular complexity index is 742. The molecule has 0 saturated carbocycles. The quantitative estimate of drug-likeness (QED) is 0.868. The molecule has 0 heterocycles. The number of anilines is 1. The molecule has 2 aromatic carbocycles. The highest BCUT2D eigenvalue weighted by Gasteiger charge is 2.07. The van der Waals surface area contributed by atoms with Crippen LogP contribution in [0.2, 0.25) is 0 Å². The van der Waals surface area contributed by atoms with Gasteiger partial charge in [-0.15, -0.1) is 0 Å². The lowest BCUT2D eigenvalue weighted by Crippen LogP contribution is -1.99. The van der Waals surface area contributed by atoms with Crippen molar-refractivity contribution >= 4 is 5.69 Å². The number of nitrogens with two attached hydrogens (primary N) is 1. The van der Waals surface area contributed by atoms with Crippen LogP contribution < -0.4 is 15.2 Å². The smallest absolute Gasteiger partial charge is 0.137 e. The molecule has 21 heavy (non-hydrogen) atoms. The van der Waals surface area contributed by atoms with Gasteiger partial charge in [0.05, 0.1) is 18.2 Å². The van der Waals surface area contributed by atoms with Gasteiger partial charge in [0, 0.05) is 5.69 Å². The predicted molar refractivity (Wildman–Crippen MR) is 77.6 cm³/mol. The van der Waals surface area contributed by atoms with Gasteiger partial charge in [0.15, 0.2) is 0 Å². The first-order chi connectivity index (χ1) is 10.2. The van der Waals surface area contributed by atoms with Gasteiger partial charge < -0.3 is 15.2 Å². The van der Waals surface area contributed by atoms with Gasteiger partial charge in [-0.05, 0) is 35.9 Å². The zero-order valence-corrected chi connectivity index (χ0v) is 11.5. The Morgan fingerprint density at radius 1 is 1.00 bits per heavy atom. The van der Waals surface area contributed by atoms with Crippen LogP contribution in [0.5, 0.6) is 11.5 Å². The summed E-state index contributed by atoms with van der Waals surface area (Å²) in [6.07, 6.45) is 0. The van der Waals surface area contributed by atoms with E-state index in [1.54, 1.807) is 36.4 Å². The Hall–Kier alpha value is -3.18. The van der Waals surface area contributed by atoms with Gasteiger partial charge in [-0.1, -0.05) is 6.07 Å². The monoisotopic (exact) mass is 279 g/mol. The maximum absolute atomic E-state index is 9.05. The summed E-state index contributed by atoms with van der Waals surface area (Å²) < 4.78 is 10.8. The fraction of sp³-hybridized carbons (Fsp3) is 0.125. The first-order valence-electron chi connectivity index (χ1n) is 6.17. The Balaban J connectivity index is 2.18. The van der Waals surface area contributed by atoms with E-state index in [2.05, 4.69) is 0 Å². The van der Waals surface area contributed by atoms with E-state index in [9.17, 15) is 0 Å². The lowest BCUT2D eigenvalue weighted by Gasteiger charge is -2.10. The molecule has 0 bridgehead atoms. The number of hydrogen-bond acceptors (Lipinski definition) is 5. The number of nitriles is 2. The summed E-state index contributed by atoms with van der Waals surface area (Å²) in [5, 5.41) is 18.0. The van der Waals surface area contributed by atoms with Gasteiger partial charge in [-0.2, -0.15) is 10.5 Å². The summed E-state index contributed by atoms with van der Waals surface area (Å²) in [7, 11) is 1.51. The molecule has 104 valence electrons. The SMILES string of the molecule is COc1cc(COc2ccc(N)cc2C#N)ccc1C#N. The summed E-state index contributed by atoms with van der Waals surface area (Å²) in [5.74, 6) is 0.964. The molecule has 0 radical (unpaired) electrons. The molecule has 0 spiro atoms. The van der Waals surface area contributed by atoms with Crippen molar-refractivity contribution in [1.82, 2.24) is 0 Å². The van der Waals surface area contributed by atoms with Crippen molar-refractivity contribution in [1.29, 1.82) is 10.5 Å². The number of benzene rings is 2. The maximum Gasteiger partial charge on any atom is 0.137 e. The van der Waals surface area contributed by atoms with Crippen LogP contribution in [0.1, 0.15) is 16.7 Å². The molecule has 0 aliphatic heterocycles. The number of nitrogens with zero attached hydrogens (tertiary/aromatic N) is 2. The molecular weight excluding hydrogens is 266 g/mol. The first kappa shape index (κ1) is 14.2. The zero-order valence-electron chi connectivity index (χ0n) is 11.5. The maximum atomic E-state index is 9.05. The Kier molecular flexibility index (Phi) is 4.28. The van der Waals surface area contributed by atoms with Crippen LogP contribution >= 0.6 is 0 Å². The molecule has 0 amide bonds. The molecule has 2 N–H and O–H groups in total. The number of nitrogen functional groups attached to an aromatic ring is 1. The molecular formula is C16H13N3O2. The fourth-order valence-electron chi connectivity index (χ4n) is 1.84. The van der Waals surface area contributed by atoms with Crippen molar-refractivity contribution in [2.24, 2.45) is 0 Å². The van der Waals surface area contributed by atoms with E-state index >= 15 is 0 Å². The van der Waals surface area contributed by atoms with Crippen LogP contribution in [0.4, 0.5) is 5.69 Å². The number of methoxy groups -OCH3 is 1. The second-order valence-electron chi connectivity index (χ2n) is 4.30. The van der Waals surface area contributed by atoms with Gasteiger partial charge >= 0.3 is 0 Å². The third kappa shape index (κ3) is 3.23. The minimum atomic E-state index is 0.265. The highest BCUT2D eigenvalue weighted by atomic mass is 16.5. The molecule has 0 saturated heterocycles. The highest BCUT2D eigenvalue weighted by Crippen LogP contribution is 2.23. The summed E-state index contributed by atoms with van der Waals surface area (Å²) in [6.45, 7) is 0.265. The summed E-state index contributed by atoms with van der Waals surface area (Å²) in [5.41, 5.74) is 7.83. The van der Waals surface area contributed by atoms with Crippen molar-refractivity contribution in [2.45, 2.75) is 6.61 Å². The van der Waals surface area contributed by atoms with Crippen LogP contribution in [0.15, 0.2) is 36.4 Å². The van der Waals surface area contributed by atoms with Gasteiger partial charge in [0.25, 0.3) is 0 Å². The number of rotatable bonds is 4. The molecule has 2 aromatic rings. The fourth-order valence-corrected chi connectivity index (χ4v) is 1.84. The van der Waals surface area contributed by atoms with Crippen LogP contribution in [-0.4, -0.2) is 7.11 Å².